The number of hydrogen-bond donors (Lipinski definition) is 1. The number of piperidine rings is 2. The molecule has 1 saturated carbocycles. The van der Waals surface area contributed by atoms with E-state index in [-0.39, 0.29) is 24.1 Å². The van der Waals surface area contributed by atoms with Gasteiger partial charge in [0, 0.05) is 31.0 Å². The Morgan fingerprint density at radius 3 is 3.13 bits per heavy atom. The van der Waals surface area contributed by atoms with Gasteiger partial charge in [-0.1, -0.05) is 22.0 Å². The largest absolute Gasteiger partial charge is 0.391 e. The van der Waals surface area contributed by atoms with Crippen LogP contribution in [0.25, 0.3) is 0 Å². The van der Waals surface area contributed by atoms with Crippen LogP contribution in [0, 0.1) is 5.92 Å². The molecular weight excluding hydrogens is 258 g/mol. The van der Waals surface area contributed by atoms with E-state index in [4.69, 9.17) is 0 Å². The topological polar surface area (TPSA) is 40.5 Å². The number of carbonyl (C=O) groups is 1. The quantitative estimate of drug-likeness (QED) is 0.717. The molecule has 0 aromatic carbocycles. The van der Waals surface area contributed by atoms with Crippen molar-refractivity contribution in [3.05, 3.63) is 10.6 Å². The van der Waals surface area contributed by atoms with Crippen LogP contribution in [-0.2, 0) is 4.79 Å². The number of aliphatic hydroxyl groups excluding tert-OH is 1. The van der Waals surface area contributed by atoms with Gasteiger partial charge < -0.3 is 5.11 Å². The third kappa shape index (κ3) is 1.42. The lowest BCUT2D eigenvalue weighted by atomic mass is 9.71. The van der Waals surface area contributed by atoms with E-state index in [0.29, 0.717) is 18.6 Å². The zero-order valence-corrected chi connectivity index (χ0v) is 9.98. The molecule has 2 saturated heterocycles. The predicted octanol–water partition coefficient (Wildman–Crippen LogP) is 1.06. The third-order valence-electron chi connectivity index (χ3n) is 3.95. The maximum Gasteiger partial charge on any atom is 0.139 e. The average Bonchev–Trinajstić information content (AvgIpc) is 2.20. The molecule has 0 amide bonds. The first kappa shape index (κ1) is 10.00. The van der Waals surface area contributed by atoms with Crippen molar-refractivity contribution in [3.63, 3.8) is 0 Å². The molecule has 0 radical (unpaired) electrons. The molecule has 3 heterocycles. The van der Waals surface area contributed by atoms with Crippen molar-refractivity contribution in [3.8, 4) is 0 Å². The van der Waals surface area contributed by atoms with Crippen molar-refractivity contribution >= 4 is 21.7 Å². The zero-order valence-electron chi connectivity index (χ0n) is 8.40. The second-order valence-corrected chi connectivity index (χ2v) is 5.76. The molecule has 4 rings (SSSR count). The SMILES string of the molecule is O=C1C[C@H]2[C@@H](O)C[C@@H]1[C@H]1C=C(Br)CCN12. The molecule has 3 aliphatic heterocycles. The van der Waals surface area contributed by atoms with Gasteiger partial charge in [-0.15, -0.1) is 0 Å². The van der Waals surface area contributed by atoms with Crippen LogP contribution in [0.15, 0.2) is 10.6 Å². The lowest BCUT2D eigenvalue weighted by Gasteiger charge is -2.53. The summed E-state index contributed by atoms with van der Waals surface area (Å²) in [7, 11) is 0. The highest BCUT2D eigenvalue weighted by molar-refractivity contribution is 9.11. The predicted molar refractivity (Wildman–Crippen MR) is 59.6 cm³/mol. The van der Waals surface area contributed by atoms with Crippen molar-refractivity contribution in [1.82, 2.24) is 4.90 Å². The van der Waals surface area contributed by atoms with Crippen molar-refractivity contribution in [1.29, 1.82) is 0 Å². The fourth-order valence-corrected chi connectivity index (χ4v) is 3.64. The summed E-state index contributed by atoms with van der Waals surface area (Å²) in [6.07, 6.45) is 4.06. The van der Waals surface area contributed by atoms with E-state index >= 15 is 0 Å². The molecule has 0 aromatic rings. The summed E-state index contributed by atoms with van der Waals surface area (Å²) in [5.41, 5.74) is 0. The standard InChI is InChI=1S/C11H14BrNO2/c12-6-1-2-13-8(3-6)7-4-11(15)9(13)5-10(7)14/h3,7-9,11,15H,1-2,4-5H2/t7-,8-,9+,11+/m1/s1. The van der Waals surface area contributed by atoms with Gasteiger partial charge in [-0.05, 0) is 17.3 Å². The van der Waals surface area contributed by atoms with Crippen molar-refractivity contribution in [2.45, 2.75) is 37.5 Å². The normalized spacial score (nSPS) is 45.2. The monoisotopic (exact) mass is 271 g/mol. The molecule has 0 spiro atoms. The second kappa shape index (κ2) is 3.40. The molecule has 82 valence electrons. The maximum atomic E-state index is 11.8. The number of aliphatic hydroxyl groups is 1. The van der Waals surface area contributed by atoms with Gasteiger partial charge in [-0.25, -0.2) is 0 Å². The summed E-state index contributed by atoms with van der Waals surface area (Å²) in [5.74, 6) is 0.364. The molecule has 3 fully saturated rings. The highest BCUT2D eigenvalue weighted by atomic mass is 79.9. The van der Waals surface area contributed by atoms with Gasteiger partial charge in [0.1, 0.15) is 5.78 Å². The van der Waals surface area contributed by atoms with Crippen LogP contribution in [0.1, 0.15) is 19.3 Å². The molecule has 4 atom stereocenters. The van der Waals surface area contributed by atoms with Gasteiger partial charge in [-0.3, -0.25) is 9.69 Å². The maximum absolute atomic E-state index is 11.8. The van der Waals surface area contributed by atoms with Crippen LogP contribution in [0.4, 0.5) is 0 Å². The fraction of sp³-hybridized carbons (Fsp3) is 0.727. The van der Waals surface area contributed by atoms with E-state index in [1.165, 1.54) is 4.48 Å². The second-order valence-electron chi connectivity index (χ2n) is 4.74. The first-order valence-electron chi connectivity index (χ1n) is 5.49. The Morgan fingerprint density at radius 1 is 1.53 bits per heavy atom. The van der Waals surface area contributed by atoms with E-state index in [2.05, 4.69) is 26.9 Å². The van der Waals surface area contributed by atoms with Gasteiger partial charge >= 0.3 is 0 Å². The first-order chi connectivity index (χ1) is 7.16. The number of rotatable bonds is 0. The van der Waals surface area contributed by atoms with Gasteiger partial charge in [0.2, 0.25) is 0 Å². The summed E-state index contributed by atoms with van der Waals surface area (Å²) in [6.45, 7) is 0.966. The van der Waals surface area contributed by atoms with Gasteiger partial charge in [0.15, 0.2) is 0 Å². The van der Waals surface area contributed by atoms with Crippen molar-refractivity contribution < 1.29 is 9.90 Å². The van der Waals surface area contributed by atoms with Crippen molar-refractivity contribution in [2.24, 2.45) is 5.92 Å². The molecule has 1 N–H and O–H groups in total. The molecule has 4 aliphatic rings. The molecule has 3 nitrogen and oxygen atoms in total. The van der Waals surface area contributed by atoms with Crippen LogP contribution in [-0.4, -0.2) is 40.5 Å². The summed E-state index contributed by atoms with van der Waals surface area (Å²) in [6, 6.07) is 0.312. The fourth-order valence-electron chi connectivity index (χ4n) is 3.19. The van der Waals surface area contributed by atoms with E-state index in [0.717, 1.165) is 13.0 Å². The van der Waals surface area contributed by atoms with E-state index < -0.39 is 0 Å². The molecule has 1 aliphatic carbocycles. The number of fused-ring (bicyclic) bond motifs is 2. The Hall–Kier alpha value is -0.190. The summed E-state index contributed by atoms with van der Waals surface area (Å²) in [5, 5.41) is 9.90. The number of hydrogen-bond acceptors (Lipinski definition) is 3. The van der Waals surface area contributed by atoms with Crippen LogP contribution >= 0.6 is 15.9 Å². The molecule has 0 aromatic heterocycles. The lowest BCUT2D eigenvalue weighted by molar-refractivity contribution is -0.146. The minimum atomic E-state index is -0.297. The van der Waals surface area contributed by atoms with Crippen LogP contribution in [0.3, 0.4) is 0 Å². The number of carbonyl (C=O) groups excluding carboxylic acids is 1. The highest BCUT2D eigenvalue weighted by Gasteiger charge is 2.50. The van der Waals surface area contributed by atoms with E-state index in [1.807, 2.05) is 0 Å². The Balaban J connectivity index is 1.97. The Kier molecular flexibility index (Phi) is 2.27. The molecule has 4 heteroatoms. The molecular formula is C11H14BrNO2. The van der Waals surface area contributed by atoms with Crippen molar-refractivity contribution in [2.75, 3.05) is 6.54 Å². The summed E-state index contributed by atoms with van der Waals surface area (Å²) < 4.78 is 1.21. The Labute approximate surface area is 97.3 Å². The average molecular weight is 272 g/mol. The van der Waals surface area contributed by atoms with E-state index in [1.54, 1.807) is 0 Å². The molecule has 15 heavy (non-hydrogen) atoms. The number of ketones is 1. The minimum absolute atomic E-state index is 0.0258. The third-order valence-corrected chi connectivity index (χ3v) is 4.61. The molecule has 0 unspecified atom stereocenters. The highest BCUT2D eigenvalue weighted by Crippen LogP contribution is 2.41. The zero-order chi connectivity index (χ0) is 10.6. The smallest absolute Gasteiger partial charge is 0.139 e. The van der Waals surface area contributed by atoms with Crippen LogP contribution in [0.2, 0.25) is 0 Å². The Morgan fingerprint density at radius 2 is 2.33 bits per heavy atom. The van der Waals surface area contributed by atoms with Gasteiger partial charge in [0.25, 0.3) is 0 Å². The Bertz CT molecular complexity index is 341. The van der Waals surface area contributed by atoms with Crippen LogP contribution < -0.4 is 0 Å². The first-order valence-corrected chi connectivity index (χ1v) is 6.29. The number of nitrogens with zero attached hydrogens (tertiary/aromatic N) is 1. The van der Waals surface area contributed by atoms with Gasteiger partial charge in [0.05, 0.1) is 6.10 Å². The van der Waals surface area contributed by atoms with Gasteiger partial charge in [-0.2, -0.15) is 0 Å². The van der Waals surface area contributed by atoms with Crippen LogP contribution in [0.5, 0.6) is 0 Å². The van der Waals surface area contributed by atoms with E-state index in [9.17, 15) is 9.90 Å². The summed E-state index contributed by atoms with van der Waals surface area (Å²) >= 11 is 3.52. The minimum Gasteiger partial charge on any atom is -0.391 e. The number of halogens is 1. The lowest BCUT2D eigenvalue weighted by Crippen LogP contribution is -2.64. The number of Topliss-reactive ketones (excluding diaryl/α,β-unsaturated/α-hetero) is 1. The molecule has 2 bridgehead atoms. The summed E-state index contributed by atoms with van der Waals surface area (Å²) in [4.78, 5) is 14.1.